The third-order valence-corrected chi connectivity index (χ3v) is 3.20. The highest BCUT2D eigenvalue weighted by molar-refractivity contribution is 4.82. The van der Waals surface area contributed by atoms with Gasteiger partial charge in [0.2, 0.25) is 0 Å². The molecule has 0 amide bonds. The van der Waals surface area contributed by atoms with Gasteiger partial charge in [-0.1, -0.05) is 0 Å². The minimum atomic E-state index is -1.46. The predicted molar refractivity (Wildman–Crippen MR) is 78.5 cm³/mol. The van der Waals surface area contributed by atoms with E-state index in [9.17, 15) is 29.7 Å². The molecule has 1 heterocycles. The molecule has 1 aromatic rings. The Morgan fingerprint density at radius 1 is 0.583 bits per heavy atom. The zero-order valence-electron chi connectivity index (χ0n) is 12.7. The molecule has 138 valence electrons. The molecule has 1 rings (SSSR count). The molecule has 0 aliphatic heterocycles. The maximum Gasteiger partial charge on any atom is 0.336 e. The van der Waals surface area contributed by atoms with Crippen LogP contribution in [0.1, 0.15) is 0 Å². The van der Waals surface area contributed by atoms with E-state index in [0.717, 1.165) is 0 Å². The van der Waals surface area contributed by atoms with Crippen LogP contribution in [0.2, 0.25) is 0 Å². The standard InChI is InChI=1S/C12H21N3O9/c16-4-7(19)1-13-10(22)14(2-8(20)5-17)12(24)15(11(13)23)3-9(21)6-18/h7-9,16-21H,1-6H2. The SMILES string of the molecule is O=c1n(CC(O)CO)c(=O)n(CC(O)CO)c(=O)n1CC(O)CO. The Kier molecular flexibility index (Phi) is 7.47. The Balaban J connectivity index is 3.55. The van der Waals surface area contributed by atoms with Crippen LogP contribution in [0, 0.1) is 0 Å². The topological polar surface area (TPSA) is 187 Å². The summed E-state index contributed by atoms with van der Waals surface area (Å²) in [6.07, 6.45) is -4.37. The van der Waals surface area contributed by atoms with Crippen LogP contribution in [0.25, 0.3) is 0 Å². The maximum absolute atomic E-state index is 12.2. The summed E-state index contributed by atoms with van der Waals surface area (Å²) in [7, 11) is 0. The summed E-state index contributed by atoms with van der Waals surface area (Å²) in [6.45, 7) is -4.12. The average molecular weight is 351 g/mol. The number of aromatic nitrogens is 3. The van der Waals surface area contributed by atoms with E-state index in [0.29, 0.717) is 13.7 Å². The maximum atomic E-state index is 12.2. The van der Waals surface area contributed by atoms with Gasteiger partial charge < -0.3 is 30.6 Å². The summed E-state index contributed by atoms with van der Waals surface area (Å²) >= 11 is 0. The average Bonchev–Trinajstić information content (AvgIpc) is 2.58. The van der Waals surface area contributed by atoms with Crippen LogP contribution in [-0.2, 0) is 19.6 Å². The van der Waals surface area contributed by atoms with Crippen molar-refractivity contribution in [1.29, 1.82) is 0 Å². The Hall–Kier alpha value is -1.83. The molecule has 24 heavy (non-hydrogen) atoms. The first kappa shape index (κ1) is 20.2. The van der Waals surface area contributed by atoms with Gasteiger partial charge in [0.25, 0.3) is 0 Å². The minimum Gasteiger partial charge on any atom is -0.394 e. The van der Waals surface area contributed by atoms with Crippen molar-refractivity contribution < 1.29 is 30.6 Å². The largest absolute Gasteiger partial charge is 0.394 e. The molecule has 0 spiro atoms. The van der Waals surface area contributed by atoms with Crippen LogP contribution in [-0.4, -0.2) is 82.5 Å². The van der Waals surface area contributed by atoms with Crippen LogP contribution >= 0.6 is 0 Å². The number of hydrogen-bond donors (Lipinski definition) is 6. The van der Waals surface area contributed by atoms with Crippen molar-refractivity contribution in [3.05, 3.63) is 31.5 Å². The summed E-state index contributed by atoms with van der Waals surface area (Å²) in [5.74, 6) is 0. The van der Waals surface area contributed by atoms with Gasteiger partial charge in [0, 0.05) is 0 Å². The van der Waals surface area contributed by atoms with Gasteiger partial charge >= 0.3 is 17.1 Å². The fraction of sp³-hybridized carbons (Fsp3) is 0.750. The molecule has 0 saturated heterocycles. The second kappa shape index (κ2) is 8.86. The molecule has 0 aliphatic carbocycles. The normalized spacial score (nSPS) is 15.2. The van der Waals surface area contributed by atoms with Crippen molar-refractivity contribution in [2.24, 2.45) is 0 Å². The monoisotopic (exact) mass is 351 g/mol. The first-order chi connectivity index (χ1) is 11.3. The molecule has 0 bridgehead atoms. The van der Waals surface area contributed by atoms with Crippen molar-refractivity contribution in [1.82, 2.24) is 13.7 Å². The third kappa shape index (κ3) is 4.59. The van der Waals surface area contributed by atoms with Crippen LogP contribution in [0.5, 0.6) is 0 Å². The molecular formula is C12H21N3O9. The number of nitrogens with zero attached hydrogens (tertiary/aromatic N) is 3. The van der Waals surface area contributed by atoms with Gasteiger partial charge in [-0.05, 0) is 0 Å². The molecule has 3 atom stereocenters. The molecule has 0 fully saturated rings. The van der Waals surface area contributed by atoms with Crippen molar-refractivity contribution in [3.8, 4) is 0 Å². The Morgan fingerprint density at radius 2 is 0.792 bits per heavy atom. The van der Waals surface area contributed by atoms with E-state index < -0.39 is 74.8 Å². The molecule has 1 aromatic heterocycles. The van der Waals surface area contributed by atoms with Crippen LogP contribution in [0.4, 0.5) is 0 Å². The third-order valence-electron chi connectivity index (χ3n) is 3.20. The summed E-state index contributed by atoms with van der Waals surface area (Å²) in [6, 6.07) is 0. The van der Waals surface area contributed by atoms with Gasteiger partial charge in [-0.15, -0.1) is 0 Å². The molecule has 3 unspecified atom stereocenters. The first-order valence-electron chi connectivity index (χ1n) is 7.08. The lowest BCUT2D eigenvalue weighted by Crippen LogP contribution is -2.57. The highest BCUT2D eigenvalue weighted by atomic mass is 16.3. The van der Waals surface area contributed by atoms with Gasteiger partial charge in [0.15, 0.2) is 0 Å². The summed E-state index contributed by atoms with van der Waals surface area (Å²) in [5.41, 5.74) is -3.46. The molecule has 12 heteroatoms. The number of aliphatic hydroxyl groups excluding tert-OH is 6. The highest BCUT2D eigenvalue weighted by Gasteiger charge is 2.20. The minimum absolute atomic E-state index is 0.455. The number of hydrogen-bond acceptors (Lipinski definition) is 9. The first-order valence-corrected chi connectivity index (χ1v) is 7.08. The second-order valence-corrected chi connectivity index (χ2v) is 5.19. The molecule has 0 radical (unpaired) electrons. The number of aliphatic hydroxyl groups is 6. The van der Waals surface area contributed by atoms with Crippen molar-refractivity contribution in [2.75, 3.05) is 19.8 Å². The smallest absolute Gasteiger partial charge is 0.336 e. The molecule has 0 aliphatic rings. The van der Waals surface area contributed by atoms with E-state index >= 15 is 0 Å². The van der Waals surface area contributed by atoms with Crippen LogP contribution in [0.3, 0.4) is 0 Å². The van der Waals surface area contributed by atoms with Gasteiger partial charge in [-0.2, -0.15) is 0 Å². The lowest BCUT2D eigenvalue weighted by Gasteiger charge is -2.17. The summed E-state index contributed by atoms with van der Waals surface area (Å²) in [5, 5.41) is 54.9. The highest BCUT2D eigenvalue weighted by Crippen LogP contribution is 1.89. The van der Waals surface area contributed by atoms with E-state index in [4.69, 9.17) is 15.3 Å². The van der Waals surface area contributed by atoms with E-state index in [-0.39, 0.29) is 0 Å². The van der Waals surface area contributed by atoms with Gasteiger partial charge in [-0.3, -0.25) is 0 Å². The van der Waals surface area contributed by atoms with Crippen molar-refractivity contribution in [3.63, 3.8) is 0 Å². The second-order valence-electron chi connectivity index (χ2n) is 5.19. The van der Waals surface area contributed by atoms with Crippen molar-refractivity contribution in [2.45, 2.75) is 37.9 Å². The summed E-state index contributed by atoms with van der Waals surface area (Å²) < 4.78 is 1.36. The lowest BCUT2D eigenvalue weighted by molar-refractivity contribution is 0.0646. The molecule has 0 aromatic carbocycles. The van der Waals surface area contributed by atoms with Crippen molar-refractivity contribution >= 4 is 0 Å². The molecular weight excluding hydrogens is 330 g/mol. The van der Waals surface area contributed by atoms with Gasteiger partial charge in [-0.25, -0.2) is 28.1 Å². The molecule has 0 saturated carbocycles. The predicted octanol–water partition coefficient (Wildman–Crippen LogP) is -5.77. The lowest BCUT2D eigenvalue weighted by atomic mass is 10.3. The van der Waals surface area contributed by atoms with Gasteiger partial charge in [0.1, 0.15) is 0 Å². The summed E-state index contributed by atoms with van der Waals surface area (Å²) in [4.78, 5) is 36.7. The Bertz CT molecular complexity index is 582. The number of rotatable bonds is 9. The fourth-order valence-electron chi connectivity index (χ4n) is 1.96. The van der Waals surface area contributed by atoms with Crippen LogP contribution in [0.15, 0.2) is 14.4 Å². The Morgan fingerprint density at radius 3 is 0.958 bits per heavy atom. The van der Waals surface area contributed by atoms with E-state index in [1.165, 1.54) is 0 Å². The fourth-order valence-corrected chi connectivity index (χ4v) is 1.96. The quantitative estimate of drug-likeness (QED) is 0.252. The zero-order chi connectivity index (χ0) is 18.4. The zero-order valence-corrected chi connectivity index (χ0v) is 12.7. The van der Waals surface area contributed by atoms with E-state index in [1.54, 1.807) is 0 Å². The van der Waals surface area contributed by atoms with E-state index in [1.807, 2.05) is 0 Å². The molecule has 12 nitrogen and oxygen atoms in total. The van der Waals surface area contributed by atoms with E-state index in [2.05, 4.69) is 0 Å². The molecule has 6 N–H and O–H groups in total. The van der Waals surface area contributed by atoms with Gasteiger partial charge in [0.05, 0.1) is 57.8 Å². The van der Waals surface area contributed by atoms with Crippen LogP contribution < -0.4 is 17.1 Å². The Labute approximate surface area is 134 Å².